The molecule has 0 fully saturated rings. The molecule has 33 heavy (non-hydrogen) atoms. The van der Waals surface area contributed by atoms with Crippen LogP contribution in [0.25, 0.3) is 0 Å². The Morgan fingerprint density at radius 2 is 1.85 bits per heavy atom. The number of hydrogen-bond donors (Lipinski definition) is 3. The smallest absolute Gasteiger partial charge is 0.270 e. The fourth-order valence-electron chi connectivity index (χ4n) is 2.87. The number of carbonyl (C=O) groups is 2. The molecule has 0 atom stereocenters. The van der Waals surface area contributed by atoms with Crippen LogP contribution in [0.4, 0.5) is 17.2 Å². The highest BCUT2D eigenvalue weighted by Gasteiger charge is 2.18. The molecule has 3 aromatic rings. The minimum absolute atomic E-state index is 0.0327. The van der Waals surface area contributed by atoms with Crippen molar-refractivity contribution >= 4 is 40.6 Å². The van der Waals surface area contributed by atoms with Crippen molar-refractivity contribution in [2.24, 2.45) is 0 Å². The summed E-state index contributed by atoms with van der Waals surface area (Å²) in [4.78, 5) is 39.6. The summed E-state index contributed by atoms with van der Waals surface area (Å²) < 4.78 is 0. The van der Waals surface area contributed by atoms with Crippen molar-refractivity contribution in [3.63, 3.8) is 0 Å². The summed E-state index contributed by atoms with van der Waals surface area (Å²) in [5, 5.41) is 28.2. The average Bonchev–Trinajstić information content (AvgIpc) is 2.82. The molecule has 3 N–H and O–H groups in total. The van der Waals surface area contributed by atoms with Gasteiger partial charge in [-0.3, -0.25) is 19.7 Å². The average molecular weight is 465 g/mol. The van der Waals surface area contributed by atoms with E-state index in [4.69, 9.17) is 16.9 Å². The number of halogens is 1. The van der Waals surface area contributed by atoms with Gasteiger partial charge in [-0.05, 0) is 30.3 Å². The zero-order chi connectivity index (χ0) is 23.8. The van der Waals surface area contributed by atoms with Crippen LogP contribution in [0.5, 0.6) is 0 Å². The van der Waals surface area contributed by atoms with Gasteiger partial charge in [0.1, 0.15) is 11.9 Å². The van der Waals surface area contributed by atoms with Crippen molar-refractivity contribution < 1.29 is 14.5 Å². The highest BCUT2D eigenvalue weighted by atomic mass is 35.5. The Hall–Kier alpha value is -4.49. The number of nitro groups is 1. The van der Waals surface area contributed by atoms with E-state index < -0.39 is 16.7 Å². The predicted molar refractivity (Wildman–Crippen MR) is 122 cm³/mol. The van der Waals surface area contributed by atoms with Crippen LogP contribution >= 0.6 is 11.6 Å². The molecule has 166 valence electrons. The number of nitro benzene ring substituents is 1. The van der Waals surface area contributed by atoms with Crippen LogP contribution < -0.4 is 16.0 Å². The van der Waals surface area contributed by atoms with Crippen molar-refractivity contribution in [3.8, 4) is 6.07 Å². The lowest BCUT2D eigenvalue weighted by molar-refractivity contribution is -0.384. The van der Waals surface area contributed by atoms with Gasteiger partial charge in [-0.1, -0.05) is 23.7 Å². The highest BCUT2D eigenvalue weighted by Crippen LogP contribution is 2.24. The molecular formula is C22H17ClN6O4. The van der Waals surface area contributed by atoms with Crippen molar-refractivity contribution in [1.82, 2.24) is 10.3 Å². The second-order valence-corrected chi connectivity index (χ2v) is 7.02. The number of nitrogens with one attached hydrogen (secondary N) is 3. The third-order valence-electron chi connectivity index (χ3n) is 4.46. The van der Waals surface area contributed by atoms with Crippen LogP contribution in [-0.2, 0) is 0 Å². The van der Waals surface area contributed by atoms with Crippen molar-refractivity contribution in [3.05, 3.63) is 92.6 Å². The van der Waals surface area contributed by atoms with Gasteiger partial charge in [0.2, 0.25) is 0 Å². The van der Waals surface area contributed by atoms with E-state index >= 15 is 0 Å². The van der Waals surface area contributed by atoms with Crippen LogP contribution in [0.1, 0.15) is 26.3 Å². The van der Waals surface area contributed by atoms with Gasteiger partial charge in [0.15, 0.2) is 0 Å². The Balaban J connectivity index is 1.64. The lowest BCUT2D eigenvalue weighted by Gasteiger charge is -2.12. The number of rotatable bonds is 8. The zero-order valence-electron chi connectivity index (χ0n) is 17.0. The number of aromatic nitrogens is 1. The molecule has 0 saturated heterocycles. The summed E-state index contributed by atoms with van der Waals surface area (Å²) in [6, 6.07) is 15.2. The predicted octanol–water partition coefficient (Wildman–Crippen LogP) is 3.61. The van der Waals surface area contributed by atoms with Gasteiger partial charge in [0, 0.05) is 31.4 Å². The number of para-hydroxylation sites is 1. The highest BCUT2D eigenvalue weighted by molar-refractivity contribution is 6.34. The maximum atomic E-state index is 12.6. The molecular weight excluding hydrogens is 448 g/mol. The van der Waals surface area contributed by atoms with Crippen molar-refractivity contribution in [1.29, 1.82) is 5.26 Å². The second-order valence-electron chi connectivity index (χ2n) is 6.62. The normalized spacial score (nSPS) is 10.1. The van der Waals surface area contributed by atoms with E-state index in [-0.39, 0.29) is 34.1 Å². The van der Waals surface area contributed by atoms with Gasteiger partial charge in [0.25, 0.3) is 17.5 Å². The maximum absolute atomic E-state index is 12.6. The fraction of sp³-hybridized carbons (Fsp3) is 0.0909. The summed E-state index contributed by atoms with van der Waals surface area (Å²) in [6.07, 6.45) is 1.55. The molecule has 0 aliphatic rings. The van der Waals surface area contributed by atoms with Gasteiger partial charge < -0.3 is 16.0 Å². The standard InChI is InChI=1S/C22H17ClN6O4/c23-18-12-15(29(32)33)7-8-16(18)22(31)28-19-6-2-1-5-17(19)21(30)27-11-10-26-20-14(13-24)4-3-9-25-20/h1-9,12H,10-11H2,(H,25,26)(H,27,30)(H,28,31). The number of non-ortho nitro benzene ring substituents is 1. The summed E-state index contributed by atoms with van der Waals surface area (Å²) in [6.45, 7) is 0.557. The van der Waals surface area contributed by atoms with Gasteiger partial charge in [-0.25, -0.2) is 4.98 Å². The second kappa shape index (κ2) is 10.7. The van der Waals surface area contributed by atoms with Crippen molar-refractivity contribution in [2.45, 2.75) is 0 Å². The van der Waals surface area contributed by atoms with Gasteiger partial charge in [0.05, 0.1) is 32.3 Å². The summed E-state index contributed by atoms with van der Waals surface area (Å²) in [5.74, 6) is -0.623. The number of hydrogen-bond acceptors (Lipinski definition) is 7. The van der Waals surface area contributed by atoms with E-state index in [0.717, 1.165) is 6.07 Å². The third-order valence-corrected chi connectivity index (χ3v) is 4.77. The zero-order valence-corrected chi connectivity index (χ0v) is 17.8. The Kier molecular flexibility index (Phi) is 7.51. The first kappa shape index (κ1) is 23.2. The molecule has 11 heteroatoms. The Morgan fingerprint density at radius 1 is 1.06 bits per heavy atom. The molecule has 0 spiro atoms. The molecule has 10 nitrogen and oxygen atoms in total. The summed E-state index contributed by atoms with van der Waals surface area (Å²) >= 11 is 6.02. The molecule has 1 aromatic heterocycles. The first-order chi connectivity index (χ1) is 15.9. The Bertz CT molecular complexity index is 1260. The summed E-state index contributed by atoms with van der Waals surface area (Å²) in [5.41, 5.74) is 0.656. The molecule has 0 aliphatic carbocycles. The van der Waals surface area contributed by atoms with Gasteiger partial charge in [-0.15, -0.1) is 0 Å². The quantitative estimate of drug-likeness (QED) is 0.261. The number of nitriles is 1. The topological polar surface area (TPSA) is 150 Å². The van der Waals surface area contributed by atoms with E-state index in [1.807, 2.05) is 6.07 Å². The molecule has 0 unspecified atom stereocenters. The largest absolute Gasteiger partial charge is 0.367 e. The lowest BCUT2D eigenvalue weighted by atomic mass is 10.1. The molecule has 0 aliphatic heterocycles. The van der Waals surface area contributed by atoms with Crippen LogP contribution in [-0.4, -0.2) is 34.8 Å². The van der Waals surface area contributed by atoms with Crippen molar-refractivity contribution in [2.75, 3.05) is 23.7 Å². The third kappa shape index (κ3) is 5.81. The van der Waals surface area contributed by atoms with E-state index in [1.54, 1.807) is 42.6 Å². The number of carbonyl (C=O) groups excluding carboxylic acids is 2. The number of anilines is 2. The van der Waals surface area contributed by atoms with Crippen LogP contribution in [0.3, 0.4) is 0 Å². The van der Waals surface area contributed by atoms with Gasteiger partial charge >= 0.3 is 0 Å². The molecule has 3 rings (SSSR count). The molecule has 0 saturated carbocycles. The fourth-order valence-corrected chi connectivity index (χ4v) is 3.13. The minimum atomic E-state index is -0.615. The van der Waals surface area contributed by atoms with Gasteiger partial charge in [-0.2, -0.15) is 5.26 Å². The first-order valence-electron chi connectivity index (χ1n) is 9.62. The number of pyridine rings is 1. The minimum Gasteiger partial charge on any atom is -0.367 e. The SMILES string of the molecule is N#Cc1cccnc1NCCNC(=O)c1ccccc1NC(=O)c1ccc([N+](=O)[O-])cc1Cl. The lowest BCUT2D eigenvalue weighted by Crippen LogP contribution is -2.30. The Morgan fingerprint density at radius 3 is 2.58 bits per heavy atom. The molecule has 2 amide bonds. The Labute approximate surface area is 193 Å². The molecule has 2 aromatic carbocycles. The number of nitrogens with zero attached hydrogens (tertiary/aromatic N) is 3. The van der Waals surface area contributed by atoms with E-state index in [0.29, 0.717) is 17.9 Å². The van der Waals surface area contributed by atoms with E-state index in [2.05, 4.69) is 20.9 Å². The molecule has 1 heterocycles. The monoisotopic (exact) mass is 464 g/mol. The molecule has 0 radical (unpaired) electrons. The van der Waals surface area contributed by atoms with Crippen LogP contribution in [0.2, 0.25) is 5.02 Å². The first-order valence-corrected chi connectivity index (χ1v) is 10.00. The maximum Gasteiger partial charge on any atom is 0.270 e. The number of amides is 2. The summed E-state index contributed by atoms with van der Waals surface area (Å²) in [7, 11) is 0. The van der Waals surface area contributed by atoms with E-state index in [9.17, 15) is 19.7 Å². The van der Waals surface area contributed by atoms with Crippen LogP contribution in [0.15, 0.2) is 60.8 Å². The van der Waals surface area contributed by atoms with E-state index in [1.165, 1.54) is 12.1 Å². The molecule has 0 bridgehead atoms. The number of benzene rings is 2. The van der Waals surface area contributed by atoms with Crippen LogP contribution in [0, 0.1) is 21.4 Å².